The van der Waals surface area contributed by atoms with Gasteiger partial charge in [-0.1, -0.05) is 60.7 Å². The molecule has 0 aliphatic carbocycles. The molecule has 0 spiro atoms. The number of imidazole rings is 1. The second kappa shape index (κ2) is 20.5. The summed E-state index contributed by atoms with van der Waals surface area (Å²) in [5, 5.41) is 21.7. The molecule has 0 radical (unpaired) electrons. The van der Waals surface area contributed by atoms with Crippen LogP contribution in [0.1, 0.15) is 63.5 Å². The number of aliphatic hydroxyl groups is 1. The lowest BCUT2D eigenvalue weighted by Gasteiger charge is -2.37. The molecule has 0 amide bonds. The zero-order chi connectivity index (χ0) is 41.9. The monoisotopic (exact) mass is 837 g/mol. The summed E-state index contributed by atoms with van der Waals surface area (Å²) in [5.74, 6) is 1.49. The first-order chi connectivity index (χ1) is 28.6. The molecule has 1 aliphatic heterocycles. The van der Waals surface area contributed by atoms with E-state index in [1.807, 2.05) is 127 Å². The number of nitrogens with zero attached hydrogens (tertiary/aromatic N) is 5. The maximum absolute atomic E-state index is 11.3. The summed E-state index contributed by atoms with van der Waals surface area (Å²) in [5.41, 5.74) is 4.30. The predicted octanol–water partition coefficient (Wildman–Crippen LogP) is 9.09. The number of hydrogen-bond donors (Lipinski definition) is 2. The Hall–Kier alpha value is -4.74. The quantitative estimate of drug-likeness (QED) is 0.0547. The van der Waals surface area contributed by atoms with Crippen molar-refractivity contribution in [2.45, 2.75) is 76.7 Å². The summed E-state index contributed by atoms with van der Waals surface area (Å²) in [7, 11) is 1.75. The lowest BCUT2D eigenvalue weighted by molar-refractivity contribution is -0.0931. The predicted molar refractivity (Wildman–Crippen MR) is 231 cm³/mol. The van der Waals surface area contributed by atoms with Gasteiger partial charge in [0.1, 0.15) is 34.9 Å². The number of ether oxygens (including phenoxy) is 4. The molecule has 1 unspecified atom stereocenters. The molecule has 0 bridgehead atoms. The molecule has 4 atom stereocenters. The highest BCUT2D eigenvalue weighted by molar-refractivity contribution is 7.43. The maximum Gasteiger partial charge on any atom is 0.256 e. The Morgan fingerprint density at radius 1 is 0.898 bits per heavy atom. The number of hydrogen-bond acceptors (Lipinski definition) is 12. The average Bonchev–Trinajstić information content (AvgIpc) is 4.03. The van der Waals surface area contributed by atoms with E-state index >= 15 is 0 Å². The highest BCUT2D eigenvalue weighted by Gasteiger charge is 2.42. The van der Waals surface area contributed by atoms with E-state index in [0.717, 1.165) is 49.8 Å². The van der Waals surface area contributed by atoms with Gasteiger partial charge in [-0.25, -0.2) is 14.6 Å². The Bertz CT molecular complexity index is 2180. The Balaban J connectivity index is 0.000000359. The van der Waals surface area contributed by atoms with Gasteiger partial charge in [0.15, 0.2) is 5.65 Å². The summed E-state index contributed by atoms with van der Waals surface area (Å²) < 4.78 is 33.4. The number of aliphatic hydroxyl groups excluding tert-OH is 1. The van der Waals surface area contributed by atoms with Gasteiger partial charge in [-0.2, -0.15) is 5.26 Å². The molecule has 0 saturated carbocycles. The SMILES string of the molecule is CC(C)N(C(C)C)P(O)OCCC#N.COc1ccc(C(OC[C@H]2O[C@@H](n3cnc4c(-c5cccs5)ccnc43)C[C@@H]2O)(c2ccccc2)c2ccc(OC)cc2)cc1. The highest BCUT2D eigenvalue weighted by atomic mass is 32.1. The summed E-state index contributed by atoms with van der Waals surface area (Å²) in [6.45, 7) is 8.48. The van der Waals surface area contributed by atoms with Gasteiger partial charge in [0.05, 0.1) is 52.4 Å². The van der Waals surface area contributed by atoms with E-state index in [9.17, 15) is 10.00 Å². The number of aromatic nitrogens is 3. The topological polar surface area (TPSA) is 144 Å². The number of rotatable bonds is 16. The van der Waals surface area contributed by atoms with Crippen LogP contribution in [0, 0.1) is 11.3 Å². The van der Waals surface area contributed by atoms with Crippen molar-refractivity contribution in [2.75, 3.05) is 27.4 Å². The van der Waals surface area contributed by atoms with Crippen molar-refractivity contribution in [3.8, 4) is 28.0 Å². The first-order valence-electron chi connectivity index (χ1n) is 19.6. The molecule has 2 N–H and O–H groups in total. The minimum Gasteiger partial charge on any atom is -0.497 e. The van der Waals surface area contributed by atoms with Gasteiger partial charge in [0, 0.05) is 35.1 Å². The van der Waals surface area contributed by atoms with Crippen LogP contribution in [0.4, 0.5) is 0 Å². The minimum absolute atomic E-state index is 0.130. The van der Waals surface area contributed by atoms with Crippen LogP contribution in [-0.4, -0.2) is 80.9 Å². The van der Waals surface area contributed by atoms with Crippen LogP contribution in [0.3, 0.4) is 0 Å². The largest absolute Gasteiger partial charge is 0.497 e. The first kappa shape index (κ1) is 43.8. The lowest BCUT2D eigenvalue weighted by atomic mass is 9.80. The van der Waals surface area contributed by atoms with E-state index in [4.69, 9.17) is 33.7 Å². The van der Waals surface area contributed by atoms with Crippen molar-refractivity contribution >= 4 is 31.0 Å². The van der Waals surface area contributed by atoms with E-state index in [0.29, 0.717) is 19.4 Å². The Morgan fingerprint density at radius 3 is 2.08 bits per heavy atom. The fourth-order valence-corrected chi connectivity index (χ4v) is 9.25. The molecule has 3 aromatic carbocycles. The summed E-state index contributed by atoms with van der Waals surface area (Å²) in [6.07, 6.45) is 2.45. The highest BCUT2D eigenvalue weighted by Crippen LogP contribution is 2.44. The molecule has 310 valence electrons. The average molecular weight is 838 g/mol. The van der Waals surface area contributed by atoms with Crippen LogP contribution in [0.2, 0.25) is 0 Å². The van der Waals surface area contributed by atoms with Crippen LogP contribution in [0.15, 0.2) is 115 Å². The van der Waals surface area contributed by atoms with Crippen LogP contribution in [-0.2, 0) is 19.6 Å². The molecule has 6 aromatic rings. The van der Waals surface area contributed by atoms with E-state index in [-0.39, 0.29) is 18.7 Å². The van der Waals surface area contributed by atoms with Gasteiger partial charge in [0.25, 0.3) is 8.53 Å². The molecule has 1 fully saturated rings. The second-order valence-electron chi connectivity index (χ2n) is 14.5. The number of benzene rings is 3. The molecule has 12 nitrogen and oxygen atoms in total. The Kier molecular flexibility index (Phi) is 15.2. The third kappa shape index (κ3) is 10.0. The number of methoxy groups -OCH3 is 2. The van der Waals surface area contributed by atoms with Gasteiger partial charge in [-0.3, -0.25) is 4.57 Å². The van der Waals surface area contributed by atoms with Crippen molar-refractivity contribution in [1.29, 1.82) is 5.26 Å². The van der Waals surface area contributed by atoms with Crippen LogP contribution < -0.4 is 9.47 Å². The fourth-order valence-electron chi connectivity index (χ4n) is 7.32. The Morgan fingerprint density at radius 2 is 1.53 bits per heavy atom. The molecule has 7 rings (SSSR count). The molecule has 1 saturated heterocycles. The van der Waals surface area contributed by atoms with Crippen LogP contribution in [0.5, 0.6) is 11.5 Å². The minimum atomic E-state index is -1.55. The van der Waals surface area contributed by atoms with Crippen LogP contribution in [0.25, 0.3) is 21.6 Å². The van der Waals surface area contributed by atoms with Crippen molar-refractivity contribution in [3.05, 3.63) is 132 Å². The van der Waals surface area contributed by atoms with E-state index in [1.165, 1.54) is 0 Å². The lowest BCUT2D eigenvalue weighted by Crippen LogP contribution is -2.38. The molecule has 1 aliphatic rings. The number of pyridine rings is 1. The van der Waals surface area contributed by atoms with Crippen molar-refractivity contribution < 1.29 is 33.5 Å². The normalized spacial score (nSPS) is 17.2. The van der Waals surface area contributed by atoms with Gasteiger partial charge in [0.2, 0.25) is 0 Å². The molecular weight excluding hydrogens is 786 g/mol. The van der Waals surface area contributed by atoms with Gasteiger partial charge in [-0.15, -0.1) is 11.3 Å². The van der Waals surface area contributed by atoms with E-state index < -0.39 is 32.6 Å². The van der Waals surface area contributed by atoms with E-state index in [1.54, 1.807) is 38.1 Å². The summed E-state index contributed by atoms with van der Waals surface area (Å²) in [6, 6.07) is 34.4. The number of thiophene rings is 1. The summed E-state index contributed by atoms with van der Waals surface area (Å²) in [4.78, 5) is 20.2. The van der Waals surface area contributed by atoms with Gasteiger partial charge in [-0.05, 0) is 86.2 Å². The van der Waals surface area contributed by atoms with Crippen molar-refractivity contribution in [3.63, 3.8) is 0 Å². The van der Waals surface area contributed by atoms with Crippen molar-refractivity contribution in [1.82, 2.24) is 19.2 Å². The zero-order valence-corrected chi connectivity index (χ0v) is 35.9. The van der Waals surface area contributed by atoms with E-state index in [2.05, 4.69) is 23.2 Å². The molecule has 3 aromatic heterocycles. The third-order valence-electron chi connectivity index (χ3n) is 10.1. The molecule has 14 heteroatoms. The smallest absolute Gasteiger partial charge is 0.256 e. The zero-order valence-electron chi connectivity index (χ0n) is 34.2. The number of fused-ring (bicyclic) bond motifs is 1. The maximum atomic E-state index is 11.3. The van der Waals surface area contributed by atoms with Gasteiger partial charge >= 0.3 is 0 Å². The van der Waals surface area contributed by atoms with Gasteiger partial charge < -0.3 is 33.5 Å². The standard InChI is InChI=1S/C36H33N3O5S.C9H19N2O2P/c1-41-27-14-10-25(11-15-27)36(24-7-4-3-5-8-24,26-12-16-28(42-2)17-13-26)43-22-31-30(40)21-33(44-31)39-23-38-34-29(18-19-37-35(34)39)32-9-6-20-45-32;1-8(2)11(9(3)4)14(12)13-7-5-6-10/h3-20,23,30-31,33,40H,21-22H2,1-2H3;8-9,12H,5,7H2,1-4H3/t30-,31+,33+;/m0./s1. The first-order valence-corrected chi connectivity index (χ1v) is 21.6. The fraction of sp³-hybridized carbons (Fsp3) is 0.356. The summed E-state index contributed by atoms with van der Waals surface area (Å²) >= 11 is 1.66. The molecular formula is C45H52N5O7PS. The number of nitriles is 1. The second-order valence-corrected chi connectivity index (χ2v) is 16.6. The third-order valence-corrected chi connectivity index (χ3v) is 12.7. The van der Waals surface area contributed by atoms with Crippen LogP contribution >= 0.6 is 19.9 Å². The Labute approximate surface area is 351 Å². The molecule has 59 heavy (non-hydrogen) atoms. The van der Waals surface area contributed by atoms with Crippen molar-refractivity contribution in [2.24, 2.45) is 0 Å². The molecule has 4 heterocycles.